The number of benzene rings is 2. The zero-order chi connectivity index (χ0) is 18.0. The van der Waals surface area contributed by atoms with E-state index < -0.39 is 11.9 Å². The van der Waals surface area contributed by atoms with E-state index in [-0.39, 0.29) is 6.61 Å². The van der Waals surface area contributed by atoms with Crippen molar-refractivity contribution in [3.63, 3.8) is 0 Å². The van der Waals surface area contributed by atoms with Gasteiger partial charge >= 0.3 is 5.97 Å². The molecule has 6 heteroatoms. The molecule has 0 bridgehead atoms. The first-order valence-electron chi connectivity index (χ1n) is 7.73. The van der Waals surface area contributed by atoms with E-state index in [2.05, 4.69) is 5.32 Å². The highest BCUT2D eigenvalue weighted by Crippen LogP contribution is 2.23. The van der Waals surface area contributed by atoms with E-state index in [1.165, 1.54) is 0 Å². The van der Waals surface area contributed by atoms with Gasteiger partial charge in [0.05, 0.1) is 16.3 Å². The van der Waals surface area contributed by atoms with E-state index >= 15 is 0 Å². The third-order valence-electron chi connectivity index (χ3n) is 3.85. The number of carbonyl (C=O) groups excluding carboxylic acids is 2. The minimum atomic E-state index is -0.540. The van der Waals surface area contributed by atoms with Crippen LogP contribution in [-0.4, -0.2) is 23.1 Å². The van der Waals surface area contributed by atoms with Crippen molar-refractivity contribution in [3.05, 3.63) is 64.8 Å². The molecule has 128 valence electrons. The molecule has 1 aromatic heterocycles. The Labute approximate surface area is 150 Å². The number of nitrogens with zero attached hydrogens (tertiary/aromatic N) is 1. The predicted molar refractivity (Wildman–Crippen MR) is 98.0 cm³/mol. The maximum absolute atomic E-state index is 12.3. The van der Waals surface area contributed by atoms with Crippen LogP contribution in [-0.2, 0) is 16.6 Å². The molecular weight excluding hydrogens is 340 g/mol. The summed E-state index contributed by atoms with van der Waals surface area (Å²) < 4.78 is 6.99. The molecule has 1 N–H and O–H groups in total. The van der Waals surface area contributed by atoms with E-state index in [0.717, 1.165) is 16.5 Å². The van der Waals surface area contributed by atoms with Gasteiger partial charge in [-0.1, -0.05) is 35.9 Å². The Balaban J connectivity index is 1.66. The topological polar surface area (TPSA) is 60.3 Å². The minimum absolute atomic E-state index is 0.383. The number of rotatable bonds is 4. The Morgan fingerprint density at radius 1 is 1.20 bits per heavy atom. The molecule has 0 spiro atoms. The first-order valence-corrected chi connectivity index (χ1v) is 8.10. The predicted octanol–water partition coefficient (Wildman–Crippen LogP) is 3.94. The van der Waals surface area contributed by atoms with Crippen LogP contribution in [0.1, 0.15) is 15.9 Å². The third-order valence-corrected chi connectivity index (χ3v) is 4.16. The van der Waals surface area contributed by atoms with Crippen LogP contribution in [0.25, 0.3) is 10.9 Å². The Kier molecular flexibility index (Phi) is 4.76. The quantitative estimate of drug-likeness (QED) is 0.720. The second-order valence-electron chi connectivity index (χ2n) is 5.78. The van der Waals surface area contributed by atoms with Crippen LogP contribution < -0.4 is 5.32 Å². The fourth-order valence-corrected chi connectivity index (χ4v) is 2.90. The largest absolute Gasteiger partial charge is 0.452 e. The lowest BCUT2D eigenvalue weighted by molar-refractivity contribution is -0.119. The van der Waals surface area contributed by atoms with Crippen LogP contribution in [0.4, 0.5) is 5.69 Å². The van der Waals surface area contributed by atoms with Crippen molar-refractivity contribution in [1.29, 1.82) is 0 Å². The van der Waals surface area contributed by atoms with E-state index in [1.54, 1.807) is 18.3 Å². The number of aromatic nitrogens is 1. The van der Waals surface area contributed by atoms with Gasteiger partial charge < -0.3 is 14.6 Å². The van der Waals surface area contributed by atoms with E-state index in [0.29, 0.717) is 16.3 Å². The normalized spacial score (nSPS) is 10.7. The molecule has 0 unspecified atom stereocenters. The zero-order valence-corrected chi connectivity index (χ0v) is 14.6. The number of halogens is 1. The first kappa shape index (κ1) is 17.0. The lowest BCUT2D eigenvalue weighted by Gasteiger charge is -2.08. The average molecular weight is 357 g/mol. The summed E-state index contributed by atoms with van der Waals surface area (Å²) in [6.45, 7) is 1.52. The number of anilines is 1. The number of fused-ring (bicyclic) bond motifs is 1. The number of hydrogen-bond donors (Lipinski definition) is 1. The van der Waals surface area contributed by atoms with Gasteiger partial charge in [-0.15, -0.1) is 0 Å². The fraction of sp³-hybridized carbons (Fsp3) is 0.158. The monoisotopic (exact) mass is 356 g/mol. The molecule has 1 heterocycles. The average Bonchev–Trinajstić information content (AvgIpc) is 2.93. The highest BCUT2D eigenvalue weighted by molar-refractivity contribution is 6.33. The Morgan fingerprint density at radius 3 is 2.72 bits per heavy atom. The molecule has 25 heavy (non-hydrogen) atoms. The molecular formula is C19H17ClN2O3. The maximum atomic E-state index is 12.3. The smallest absolute Gasteiger partial charge is 0.340 e. The molecule has 2 aromatic carbocycles. The molecule has 3 rings (SSSR count). The van der Waals surface area contributed by atoms with Crippen LogP contribution in [0.15, 0.2) is 48.7 Å². The molecule has 5 nitrogen and oxygen atoms in total. The van der Waals surface area contributed by atoms with Gasteiger partial charge in [-0.3, -0.25) is 4.79 Å². The summed E-state index contributed by atoms with van der Waals surface area (Å²) in [5.74, 6) is -0.985. The number of nitrogens with one attached hydrogen (secondary N) is 1. The summed E-state index contributed by atoms with van der Waals surface area (Å²) in [4.78, 5) is 24.3. The zero-order valence-electron chi connectivity index (χ0n) is 13.9. The van der Waals surface area contributed by atoms with E-state index in [4.69, 9.17) is 16.3 Å². The number of esters is 1. The second kappa shape index (κ2) is 6.99. The van der Waals surface area contributed by atoms with Gasteiger partial charge in [-0.25, -0.2) is 4.79 Å². The highest BCUT2D eigenvalue weighted by atomic mass is 35.5. The Bertz CT molecular complexity index is 962. The number of ether oxygens (including phenoxy) is 1. The van der Waals surface area contributed by atoms with Crippen molar-refractivity contribution in [1.82, 2.24) is 4.57 Å². The second-order valence-corrected chi connectivity index (χ2v) is 6.19. The van der Waals surface area contributed by atoms with E-state index in [1.807, 2.05) is 48.9 Å². The maximum Gasteiger partial charge on any atom is 0.340 e. The summed E-state index contributed by atoms with van der Waals surface area (Å²) in [5.41, 5.74) is 2.83. The van der Waals surface area contributed by atoms with Gasteiger partial charge in [0, 0.05) is 24.1 Å². The molecule has 0 radical (unpaired) electrons. The summed E-state index contributed by atoms with van der Waals surface area (Å²) in [7, 11) is 1.85. The van der Waals surface area contributed by atoms with Crippen molar-refractivity contribution in [3.8, 4) is 0 Å². The molecule has 0 saturated heterocycles. The van der Waals surface area contributed by atoms with Gasteiger partial charge in [-0.2, -0.15) is 0 Å². The highest BCUT2D eigenvalue weighted by Gasteiger charge is 2.16. The van der Waals surface area contributed by atoms with Crippen LogP contribution >= 0.6 is 11.6 Å². The number of carbonyl (C=O) groups is 2. The number of aryl methyl sites for hydroxylation is 2. The summed E-state index contributed by atoms with van der Waals surface area (Å²) >= 11 is 6.08. The van der Waals surface area contributed by atoms with Gasteiger partial charge in [0.2, 0.25) is 0 Å². The molecule has 0 fully saturated rings. The van der Waals surface area contributed by atoms with Crippen molar-refractivity contribution in [2.45, 2.75) is 6.92 Å². The van der Waals surface area contributed by atoms with Crippen LogP contribution in [0, 0.1) is 6.92 Å². The molecule has 3 aromatic rings. The van der Waals surface area contributed by atoms with Gasteiger partial charge in [0.15, 0.2) is 6.61 Å². The van der Waals surface area contributed by atoms with Crippen LogP contribution in [0.3, 0.4) is 0 Å². The first-order chi connectivity index (χ1) is 12.0. The number of amides is 1. The van der Waals surface area contributed by atoms with E-state index in [9.17, 15) is 9.59 Å². The van der Waals surface area contributed by atoms with Gasteiger partial charge in [-0.05, 0) is 30.7 Å². The SMILES string of the molecule is Cc1ccc(NC(=O)COC(=O)c2cn(C)c3ccccc23)c(Cl)c1. The van der Waals surface area contributed by atoms with Gasteiger partial charge in [0.25, 0.3) is 5.91 Å². The molecule has 0 aliphatic carbocycles. The summed E-state index contributed by atoms with van der Waals surface area (Å²) in [5, 5.41) is 3.86. The standard InChI is InChI=1S/C19H17ClN2O3/c1-12-7-8-16(15(20)9-12)21-18(23)11-25-19(24)14-10-22(2)17-6-4-3-5-13(14)17/h3-10H,11H2,1-2H3,(H,21,23). The molecule has 0 saturated carbocycles. The van der Waals surface area contributed by atoms with Crippen molar-refractivity contribution >= 4 is 40.1 Å². The number of hydrogen-bond acceptors (Lipinski definition) is 3. The lowest BCUT2D eigenvalue weighted by Crippen LogP contribution is -2.21. The molecule has 1 amide bonds. The summed E-state index contributed by atoms with van der Waals surface area (Å²) in [6.07, 6.45) is 1.70. The minimum Gasteiger partial charge on any atom is -0.452 e. The lowest BCUT2D eigenvalue weighted by atomic mass is 10.2. The molecule has 0 aliphatic rings. The molecule has 0 aliphatic heterocycles. The van der Waals surface area contributed by atoms with Crippen molar-refractivity contribution < 1.29 is 14.3 Å². The Morgan fingerprint density at radius 2 is 1.96 bits per heavy atom. The van der Waals surface area contributed by atoms with Crippen molar-refractivity contribution in [2.75, 3.05) is 11.9 Å². The van der Waals surface area contributed by atoms with Crippen LogP contribution in [0.2, 0.25) is 5.02 Å². The van der Waals surface area contributed by atoms with Gasteiger partial charge in [0.1, 0.15) is 0 Å². The summed E-state index contributed by atoms with van der Waals surface area (Å²) in [6, 6.07) is 12.8. The van der Waals surface area contributed by atoms with Crippen molar-refractivity contribution in [2.24, 2.45) is 7.05 Å². The molecule has 0 atom stereocenters. The fourth-order valence-electron chi connectivity index (χ4n) is 2.62. The number of para-hydroxylation sites is 1. The third kappa shape index (κ3) is 3.67. The van der Waals surface area contributed by atoms with Crippen LogP contribution in [0.5, 0.6) is 0 Å². The Hall–Kier alpha value is -2.79.